The van der Waals surface area contributed by atoms with Crippen molar-refractivity contribution in [2.45, 2.75) is 0 Å². The number of furan rings is 1. The Morgan fingerprint density at radius 3 is 1.82 bits per heavy atom. The summed E-state index contributed by atoms with van der Waals surface area (Å²) in [6.07, 6.45) is 0. The second-order valence-corrected chi connectivity index (χ2v) is 6.86. The van der Waals surface area contributed by atoms with Crippen molar-refractivity contribution in [3.8, 4) is 22.3 Å². The summed E-state index contributed by atoms with van der Waals surface area (Å²) in [5.74, 6) is 0. The van der Waals surface area contributed by atoms with E-state index in [0.29, 0.717) is 11.0 Å². The van der Waals surface area contributed by atoms with Gasteiger partial charge in [-0.15, -0.1) is 0 Å². The summed E-state index contributed by atoms with van der Waals surface area (Å²) in [5, 5.41) is 21.6. The normalized spacial score (nSPS) is 11.2. The second-order valence-electron chi connectivity index (χ2n) is 6.86. The van der Waals surface area contributed by atoms with E-state index in [-0.39, 0.29) is 0 Å². The summed E-state index contributed by atoms with van der Waals surface area (Å²) in [4.78, 5) is 0. The summed E-state index contributed by atoms with van der Waals surface area (Å²) in [6.45, 7) is 0. The molecule has 0 aliphatic heterocycles. The molecule has 1 heterocycles. The zero-order valence-electron chi connectivity index (χ0n) is 15.0. The molecule has 0 radical (unpaired) electrons. The van der Waals surface area contributed by atoms with Gasteiger partial charge in [0, 0.05) is 10.8 Å². The van der Waals surface area contributed by atoms with Crippen molar-refractivity contribution >= 4 is 34.5 Å². The number of fused-ring (bicyclic) bond motifs is 3. The van der Waals surface area contributed by atoms with Gasteiger partial charge < -0.3 is 14.5 Å². The lowest BCUT2D eigenvalue weighted by atomic mass is 9.76. The number of benzene rings is 4. The third-order valence-corrected chi connectivity index (χ3v) is 5.10. The molecule has 1 aromatic heterocycles. The lowest BCUT2D eigenvalue weighted by Crippen LogP contribution is -2.30. The Balaban J connectivity index is 1.76. The van der Waals surface area contributed by atoms with Crippen LogP contribution in [0.3, 0.4) is 0 Å². The van der Waals surface area contributed by atoms with Gasteiger partial charge in [0.2, 0.25) is 0 Å². The van der Waals surface area contributed by atoms with Gasteiger partial charge in [0.15, 0.2) is 0 Å². The molecule has 0 amide bonds. The van der Waals surface area contributed by atoms with Crippen molar-refractivity contribution in [3.63, 3.8) is 0 Å². The molecule has 0 saturated carbocycles. The predicted molar refractivity (Wildman–Crippen MR) is 114 cm³/mol. The number of hydrogen-bond donors (Lipinski definition) is 2. The van der Waals surface area contributed by atoms with Crippen molar-refractivity contribution in [2.75, 3.05) is 0 Å². The van der Waals surface area contributed by atoms with E-state index < -0.39 is 7.12 Å². The van der Waals surface area contributed by atoms with Crippen LogP contribution >= 0.6 is 0 Å². The largest absolute Gasteiger partial charge is 0.489 e. The molecule has 0 spiro atoms. The summed E-state index contributed by atoms with van der Waals surface area (Å²) in [5.41, 5.74) is 5.87. The van der Waals surface area contributed by atoms with E-state index in [2.05, 4.69) is 12.1 Å². The van der Waals surface area contributed by atoms with E-state index in [1.54, 1.807) is 0 Å². The van der Waals surface area contributed by atoms with Crippen molar-refractivity contribution in [1.82, 2.24) is 0 Å². The van der Waals surface area contributed by atoms with Crippen LogP contribution in [0.25, 0.3) is 44.2 Å². The van der Waals surface area contributed by atoms with E-state index in [4.69, 9.17) is 4.42 Å². The Labute approximate surface area is 162 Å². The lowest BCUT2D eigenvalue weighted by Gasteiger charge is -2.07. The van der Waals surface area contributed by atoms with Gasteiger partial charge in [-0.3, -0.25) is 0 Å². The van der Waals surface area contributed by atoms with E-state index in [1.165, 1.54) is 0 Å². The predicted octanol–water partition coefficient (Wildman–Crippen LogP) is 4.60. The lowest BCUT2D eigenvalue weighted by molar-refractivity contribution is 0.426. The minimum atomic E-state index is -1.58. The maximum absolute atomic E-state index is 10.0. The molecule has 3 nitrogen and oxygen atoms in total. The third kappa shape index (κ3) is 2.80. The topological polar surface area (TPSA) is 53.6 Å². The van der Waals surface area contributed by atoms with Crippen molar-refractivity contribution in [1.29, 1.82) is 0 Å². The van der Waals surface area contributed by atoms with Crippen LogP contribution in [0.5, 0.6) is 0 Å². The van der Waals surface area contributed by atoms with E-state index in [0.717, 1.165) is 38.6 Å². The highest BCUT2D eigenvalue weighted by Gasteiger charge is 2.21. The first-order valence-corrected chi connectivity index (χ1v) is 9.18. The van der Waals surface area contributed by atoms with Crippen LogP contribution < -0.4 is 5.46 Å². The molecule has 2 N–H and O–H groups in total. The highest BCUT2D eigenvalue weighted by atomic mass is 16.4. The molecule has 4 aromatic carbocycles. The molecular formula is C24H17BO3. The molecule has 0 aliphatic rings. The fourth-order valence-electron chi connectivity index (χ4n) is 3.75. The third-order valence-electron chi connectivity index (χ3n) is 5.10. The molecule has 0 atom stereocenters. The molecule has 0 bridgehead atoms. The SMILES string of the molecule is OB(O)c1cc(-c2ccccc2)cc2oc3cc(-c4ccccc4)ccc3c12. The van der Waals surface area contributed by atoms with Crippen molar-refractivity contribution in [2.24, 2.45) is 0 Å². The number of hydrogen-bond acceptors (Lipinski definition) is 3. The summed E-state index contributed by atoms with van der Waals surface area (Å²) >= 11 is 0. The first-order valence-electron chi connectivity index (χ1n) is 9.18. The van der Waals surface area contributed by atoms with E-state index in [9.17, 15) is 10.0 Å². The van der Waals surface area contributed by atoms with E-state index >= 15 is 0 Å². The van der Waals surface area contributed by atoms with Crippen LogP contribution in [0.2, 0.25) is 0 Å². The molecule has 4 heteroatoms. The monoisotopic (exact) mass is 364 g/mol. The molecule has 0 unspecified atom stereocenters. The van der Waals surface area contributed by atoms with Crippen LogP contribution in [-0.4, -0.2) is 17.2 Å². The van der Waals surface area contributed by atoms with Crippen LogP contribution in [0.15, 0.2) is 95.4 Å². The van der Waals surface area contributed by atoms with Gasteiger partial charge in [0.1, 0.15) is 11.2 Å². The van der Waals surface area contributed by atoms with Gasteiger partial charge in [0.25, 0.3) is 0 Å². The van der Waals surface area contributed by atoms with Crippen LogP contribution in [0.4, 0.5) is 0 Å². The smallest absolute Gasteiger partial charge is 0.456 e. The van der Waals surface area contributed by atoms with Crippen LogP contribution in [-0.2, 0) is 0 Å². The zero-order chi connectivity index (χ0) is 19.1. The maximum Gasteiger partial charge on any atom is 0.489 e. The highest BCUT2D eigenvalue weighted by Crippen LogP contribution is 2.33. The Hall–Kier alpha value is -3.34. The summed E-state index contributed by atoms with van der Waals surface area (Å²) in [6, 6.07) is 29.8. The Morgan fingerprint density at radius 1 is 0.571 bits per heavy atom. The minimum Gasteiger partial charge on any atom is -0.456 e. The standard InChI is InChI=1S/C24H17BO3/c26-25(27)21-13-19(17-9-5-2-6-10-17)15-23-24(21)20-12-11-18(14-22(20)28-23)16-7-3-1-4-8-16/h1-15,26-27H. The quantitative estimate of drug-likeness (QED) is 0.460. The Kier molecular flexibility index (Phi) is 4.01. The average Bonchev–Trinajstić information content (AvgIpc) is 3.11. The fourth-order valence-corrected chi connectivity index (χ4v) is 3.75. The second kappa shape index (κ2) is 6.68. The van der Waals surface area contributed by atoms with Gasteiger partial charge in [-0.1, -0.05) is 72.8 Å². The van der Waals surface area contributed by atoms with E-state index in [1.807, 2.05) is 78.9 Å². The average molecular weight is 364 g/mol. The molecule has 134 valence electrons. The Bertz CT molecular complexity index is 1280. The summed E-state index contributed by atoms with van der Waals surface area (Å²) in [7, 11) is -1.58. The summed E-state index contributed by atoms with van der Waals surface area (Å²) < 4.78 is 6.15. The zero-order valence-corrected chi connectivity index (χ0v) is 15.0. The molecular weight excluding hydrogens is 347 g/mol. The van der Waals surface area contributed by atoms with Crippen molar-refractivity contribution < 1.29 is 14.5 Å². The minimum absolute atomic E-state index is 0.447. The van der Waals surface area contributed by atoms with Crippen LogP contribution in [0.1, 0.15) is 0 Å². The molecule has 28 heavy (non-hydrogen) atoms. The van der Waals surface area contributed by atoms with Gasteiger partial charge >= 0.3 is 7.12 Å². The first kappa shape index (κ1) is 16.8. The highest BCUT2D eigenvalue weighted by molar-refractivity contribution is 6.63. The molecule has 0 fully saturated rings. The van der Waals surface area contributed by atoms with Crippen LogP contribution in [0, 0.1) is 0 Å². The first-order chi connectivity index (χ1) is 13.7. The van der Waals surface area contributed by atoms with Gasteiger partial charge in [-0.05, 0) is 45.9 Å². The number of rotatable bonds is 3. The molecule has 5 aromatic rings. The van der Waals surface area contributed by atoms with Gasteiger partial charge in [0.05, 0.1) is 0 Å². The molecule has 0 saturated heterocycles. The van der Waals surface area contributed by atoms with Gasteiger partial charge in [-0.25, -0.2) is 0 Å². The van der Waals surface area contributed by atoms with Crippen molar-refractivity contribution in [3.05, 3.63) is 91.0 Å². The Morgan fingerprint density at radius 2 is 1.18 bits per heavy atom. The maximum atomic E-state index is 10.0. The van der Waals surface area contributed by atoms with Gasteiger partial charge in [-0.2, -0.15) is 0 Å². The molecule has 0 aliphatic carbocycles. The fraction of sp³-hybridized carbons (Fsp3) is 0. The molecule has 5 rings (SSSR count).